The van der Waals surface area contributed by atoms with Gasteiger partial charge in [0.2, 0.25) is 5.91 Å². The van der Waals surface area contributed by atoms with E-state index < -0.39 is 42.1 Å². The van der Waals surface area contributed by atoms with Crippen molar-refractivity contribution in [3.63, 3.8) is 0 Å². The zero-order valence-corrected chi connectivity index (χ0v) is 12.1. The van der Waals surface area contributed by atoms with Crippen LogP contribution in [0, 0.1) is 5.92 Å². The molecule has 0 spiro atoms. The van der Waals surface area contributed by atoms with Gasteiger partial charge in [-0.3, -0.25) is 4.79 Å². The van der Waals surface area contributed by atoms with Crippen LogP contribution in [0.25, 0.3) is 0 Å². The van der Waals surface area contributed by atoms with Gasteiger partial charge in [0, 0.05) is 30.6 Å². The van der Waals surface area contributed by atoms with Crippen LogP contribution in [-0.2, 0) is 20.5 Å². The van der Waals surface area contributed by atoms with Crippen LogP contribution < -0.4 is 10.4 Å². The Bertz CT molecular complexity index is 582. The molecule has 0 aliphatic carbocycles. The van der Waals surface area contributed by atoms with E-state index in [9.17, 15) is 27.9 Å². The fourth-order valence-electron chi connectivity index (χ4n) is 2.47. The lowest BCUT2D eigenvalue weighted by Gasteiger charge is -2.23. The van der Waals surface area contributed by atoms with Crippen molar-refractivity contribution in [2.45, 2.75) is 31.5 Å². The van der Waals surface area contributed by atoms with Gasteiger partial charge in [0.15, 0.2) is 0 Å². The van der Waals surface area contributed by atoms with E-state index in [0.717, 1.165) is 18.2 Å². The Balaban J connectivity index is 2.02. The zero-order valence-electron chi connectivity index (χ0n) is 12.1. The smallest absolute Gasteiger partial charge is 0.416 e. The zero-order chi connectivity index (χ0) is 17.0. The number of nitrogens with one attached hydrogen (secondary N) is 1. The Morgan fingerprint density at radius 2 is 2.13 bits per heavy atom. The van der Waals surface area contributed by atoms with Crippen LogP contribution >= 0.6 is 0 Å². The molecule has 2 unspecified atom stereocenters. The molecule has 126 valence electrons. The van der Waals surface area contributed by atoms with Crippen molar-refractivity contribution < 1.29 is 32.6 Å². The summed E-state index contributed by atoms with van der Waals surface area (Å²) >= 11 is 0. The topological polar surface area (TPSA) is 78.5 Å². The number of hydrogen-bond donors (Lipinski definition) is 1. The Morgan fingerprint density at radius 3 is 2.70 bits per heavy atom. The first kappa shape index (κ1) is 17.3. The quantitative estimate of drug-likeness (QED) is 0.889. The van der Waals surface area contributed by atoms with E-state index in [1.54, 1.807) is 0 Å². The molecule has 23 heavy (non-hydrogen) atoms. The number of carboxylic acid groups (broad SMARTS) is 1. The number of carbonyl (C=O) groups is 2. The van der Waals surface area contributed by atoms with E-state index >= 15 is 0 Å². The van der Waals surface area contributed by atoms with E-state index in [1.165, 1.54) is 6.07 Å². The van der Waals surface area contributed by atoms with E-state index in [2.05, 4.69) is 5.32 Å². The molecular formula is C15H15F3NO4-. The number of halogens is 3. The molecule has 2 atom stereocenters. The van der Waals surface area contributed by atoms with Crippen LogP contribution in [0.5, 0.6) is 0 Å². The Kier molecular flexibility index (Phi) is 5.25. The number of anilines is 1. The normalized spacial score (nSPS) is 19.3. The van der Waals surface area contributed by atoms with Crippen molar-refractivity contribution in [2.75, 3.05) is 11.9 Å². The summed E-state index contributed by atoms with van der Waals surface area (Å²) in [6.45, 7) is 0.420. The molecule has 0 aromatic heterocycles. The largest absolute Gasteiger partial charge is 0.550 e. The minimum Gasteiger partial charge on any atom is -0.550 e. The van der Waals surface area contributed by atoms with Crippen molar-refractivity contribution in [1.29, 1.82) is 0 Å². The number of ether oxygens (including phenoxy) is 1. The molecule has 0 saturated carbocycles. The number of aliphatic carboxylic acids is 1. The first-order chi connectivity index (χ1) is 10.8. The highest BCUT2D eigenvalue weighted by atomic mass is 19.4. The minimum absolute atomic E-state index is 0.0470. The van der Waals surface area contributed by atoms with Crippen molar-refractivity contribution in [1.82, 2.24) is 0 Å². The second-order valence-electron chi connectivity index (χ2n) is 5.31. The van der Waals surface area contributed by atoms with Crippen molar-refractivity contribution in [3.05, 3.63) is 29.8 Å². The molecule has 1 heterocycles. The standard InChI is InChI=1S/C15H16F3NO4/c16-15(17,18)9-3-1-4-10(7-9)19-13(20)8-11(14(21)22)12-5-2-6-23-12/h1,3-4,7,11-12H,2,5-6,8H2,(H,19,20)(H,21,22)/p-1. The van der Waals surface area contributed by atoms with Crippen LogP contribution in [0.4, 0.5) is 18.9 Å². The average molecular weight is 330 g/mol. The maximum absolute atomic E-state index is 12.6. The van der Waals surface area contributed by atoms with Gasteiger partial charge in [-0.25, -0.2) is 0 Å². The molecular weight excluding hydrogens is 315 g/mol. The second-order valence-corrected chi connectivity index (χ2v) is 5.31. The highest BCUT2D eigenvalue weighted by Gasteiger charge is 2.31. The van der Waals surface area contributed by atoms with Crippen LogP contribution in [-0.4, -0.2) is 24.6 Å². The number of carboxylic acids is 1. The number of rotatable bonds is 5. The predicted molar refractivity (Wildman–Crippen MR) is 72.2 cm³/mol. The van der Waals surface area contributed by atoms with Crippen LogP contribution in [0.2, 0.25) is 0 Å². The molecule has 8 heteroatoms. The molecule has 0 radical (unpaired) electrons. The van der Waals surface area contributed by atoms with Gasteiger partial charge >= 0.3 is 6.18 Å². The highest BCUT2D eigenvalue weighted by molar-refractivity contribution is 5.93. The molecule has 1 aliphatic rings. The summed E-state index contributed by atoms with van der Waals surface area (Å²) < 4.78 is 43.1. The summed E-state index contributed by atoms with van der Waals surface area (Å²) in [7, 11) is 0. The van der Waals surface area contributed by atoms with Crippen molar-refractivity contribution in [2.24, 2.45) is 5.92 Å². The predicted octanol–water partition coefficient (Wildman–Crippen LogP) is 1.58. The summed E-state index contributed by atoms with van der Waals surface area (Å²) in [6, 6.07) is 4.13. The molecule has 0 bridgehead atoms. The summed E-state index contributed by atoms with van der Waals surface area (Å²) in [5.41, 5.74) is -0.944. The number of benzene rings is 1. The molecule has 1 saturated heterocycles. The van der Waals surface area contributed by atoms with Crippen molar-refractivity contribution in [3.8, 4) is 0 Å². The van der Waals surface area contributed by atoms with Crippen LogP contribution in [0.3, 0.4) is 0 Å². The van der Waals surface area contributed by atoms with Gasteiger partial charge in [-0.15, -0.1) is 0 Å². The van der Waals surface area contributed by atoms with E-state index in [-0.39, 0.29) is 5.69 Å². The van der Waals surface area contributed by atoms with Gasteiger partial charge in [-0.2, -0.15) is 13.2 Å². The van der Waals surface area contributed by atoms with Gasteiger partial charge < -0.3 is 20.0 Å². The lowest BCUT2D eigenvalue weighted by atomic mass is 9.96. The van der Waals surface area contributed by atoms with E-state index in [0.29, 0.717) is 19.4 Å². The van der Waals surface area contributed by atoms with Gasteiger partial charge in [-0.1, -0.05) is 6.07 Å². The SMILES string of the molecule is O=C(CC(C(=O)[O-])C1CCCO1)Nc1cccc(C(F)(F)F)c1. The number of amides is 1. The van der Waals surface area contributed by atoms with Gasteiger partial charge in [0.1, 0.15) is 0 Å². The Morgan fingerprint density at radius 1 is 1.39 bits per heavy atom. The van der Waals surface area contributed by atoms with Gasteiger partial charge in [0.25, 0.3) is 0 Å². The van der Waals surface area contributed by atoms with Crippen molar-refractivity contribution >= 4 is 17.6 Å². The first-order valence-electron chi connectivity index (χ1n) is 7.07. The van der Waals surface area contributed by atoms with Gasteiger partial charge in [0.05, 0.1) is 11.7 Å². The molecule has 1 aliphatic heterocycles. The third kappa shape index (κ3) is 4.69. The molecule has 1 aromatic carbocycles. The lowest BCUT2D eigenvalue weighted by Crippen LogP contribution is -2.40. The molecule has 1 aromatic rings. The lowest BCUT2D eigenvalue weighted by molar-refractivity contribution is -0.314. The fourth-order valence-corrected chi connectivity index (χ4v) is 2.47. The monoisotopic (exact) mass is 330 g/mol. The number of alkyl halides is 3. The molecule has 1 amide bonds. The van der Waals surface area contributed by atoms with Gasteiger partial charge in [-0.05, 0) is 31.0 Å². The van der Waals surface area contributed by atoms with Crippen LogP contribution in [0.1, 0.15) is 24.8 Å². The molecule has 2 rings (SSSR count). The summed E-state index contributed by atoms with van der Waals surface area (Å²) in [5.74, 6) is -3.23. The summed E-state index contributed by atoms with van der Waals surface area (Å²) in [5, 5.41) is 13.4. The number of hydrogen-bond acceptors (Lipinski definition) is 4. The third-order valence-corrected chi connectivity index (χ3v) is 3.60. The Hall–Kier alpha value is -2.09. The average Bonchev–Trinajstić information content (AvgIpc) is 2.97. The maximum atomic E-state index is 12.6. The molecule has 1 fully saturated rings. The maximum Gasteiger partial charge on any atom is 0.416 e. The highest BCUT2D eigenvalue weighted by Crippen LogP contribution is 2.31. The minimum atomic E-state index is -4.52. The summed E-state index contributed by atoms with van der Waals surface area (Å²) in [4.78, 5) is 23.0. The fraction of sp³-hybridized carbons (Fsp3) is 0.467. The third-order valence-electron chi connectivity index (χ3n) is 3.60. The van der Waals surface area contributed by atoms with Crippen LogP contribution in [0.15, 0.2) is 24.3 Å². The molecule has 5 nitrogen and oxygen atoms in total. The first-order valence-corrected chi connectivity index (χ1v) is 7.07. The second kappa shape index (κ2) is 6.99. The molecule has 1 N–H and O–H groups in total. The number of carbonyl (C=O) groups excluding carboxylic acids is 2. The van der Waals surface area contributed by atoms with E-state index in [1.807, 2.05) is 0 Å². The van der Waals surface area contributed by atoms with E-state index in [4.69, 9.17) is 4.74 Å². The summed E-state index contributed by atoms with van der Waals surface area (Å²) in [6.07, 6.45) is -4.33. The Labute approximate surface area is 130 Å².